The molecular weight excluding hydrogens is 256 g/mol. The molecule has 2 heteroatoms. The maximum atomic E-state index is 3.80. The second-order valence-electron chi connectivity index (χ2n) is 8.98. The van der Waals surface area contributed by atoms with Crippen molar-refractivity contribution in [3.63, 3.8) is 0 Å². The predicted molar refractivity (Wildman–Crippen MR) is 92.7 cm³/mol. The molecule has 0 atom stereocenters. The zero-order valence-electron chi connectivity index (χ0n) is 15.2. The van der Waals surface area contributed by atoms with Crippen LogP contribution in [0.1, 0.15) is 79.6 Å². The van der Waals surface area contributed by atoms with Crippen molar-refractivity contribution in [1.29, 1.82) is 0 Å². The molecule has 0 radical (unpaired) electrons. The van der Waals surface area contributed by atoms with E-state index in [-0.39, 0.29) is 5.54 Å². The summed E-state index contributed by atoms with van der Waals surface area (Å²) in [5.74, 6) is 0. The number of nitrogens with zero attached hydrogens (tertiary/aromatic N) is 1. The van der Waals surface area contributed by atoms with Crippen LogP contribution in [0.4, 0.5) is 0 Å². The second kappa shape index (κ2) is 6.58. The van der Waals surface area contributed by atoms with Gasteiger partial charge in [-0.25, -0.2) is 0 Å². The summed E-state index contributed by atoms with van der Waals surface area (Å²) in [6.45, 7) is 16.9. The van der Waals surface area contributed by atoms with Crippen LogP contribution < -0.4 is 5.32 Å². The van der Waals surface area contributed by atoms with E-state index in [1.54, 1.807) is 0 Å². The summed E-state index contributed by atoms with van der Waals surface area (Å²) in [7, 11) is 0. The zero-order chi connectivity index (χ0) is 15.6. The summed E-state index contributed by atoms with van der Waals surface area (Å²) in [5.41, 5.74) is 1.42. The number of hydrogen-bond donors (Lipinski definition) is 1. The third-order valence-corrected chi connectivity index (χ3v) is 6.23. The molecule has 1 saturated heterocycles. The minimum absolute atomic E-state index is 0.247. The predicted octanol–water partition coefficient (Wildman–Crippen LogP) is 4.45. The Morgan fingerprint density at radius 2 is 1.57 bits per heavy atom. The van der Waals surface area contributed by atoms with Crippen LogP contribution in [0.5, 0.6) is 0 Å². The first kappa shape index (κ1) is 17.3. The molecule has 2 fully saturated rings. The lowest BCUT2D eigenvalue weighted by molar-refractivity contribution is 0.144. The SMILES string of the molecule is CCC1(CC)CCN(CC2(CNC(C)(C)C)CCCC2)C1. The standard InChI is InChI=1S/C19H38N2/c1-6-18(7-2)12-13-21(15-18)16-19(10-8-9-11-19)14-20-17(3,4)5/h20H,6-16H2,1-5H3. The highest BCUT2D eigenvalue weighted by molar-refractivity contribution is 4.95. The van der Waals surface area contributed by atoms with E-state index in [0.717, 1.165) is 0 Å². The highest BCUT2D eigenvalue weighted by Crippen LogP contribution is 2.42. The van der Waals surface area contributed by atoms with E-state index >= 15 is 0 Å². The lowest BCUT2D eigenvalue weighted by Crippen LogP contribution is -2.47. The Balaban J connectivity index is 1.94. The summed E-state index contributed by atoms with van der Waals surface area (Å²) in [5, 5.41) is 3.80. The monoisotopic (exact) mass is 294 g/mol. The van der Waals surface area contributed by atoms with Gasteiger partial charge in [0, 0.05) is 25.2 Å². The Morgan fingerprint density at radius 3 is 2.05 bits per heavy atom. The summed E-state index contributed by atoms with van der Waals surface area (Å²) >= 11 is 0. The number of rotatable bonds is 6. The van der Waals surface area contributed by atoms with Crippen LogP contribution in [0.15, 0.2) is 0 Å². The molecule has 124 valence electrons. The molecule has 0 aromatic rings. The molecule has 2 rings (SSSR count). The highest BCUT2D eigenvalue weighted by Gasteiger charge is 2.41. The van der Waals surface area contributed by atoms with Crippen LogP contribution in [0.25, 0.3) is 0 Å². The molecule has 0 amide bonds. The van der Waals surface area contributed by atoms with Gasteiger partial charge in [-0.3, -0.25) is 0 Å². The van der Waals surface area contributed by atoms with Crippen molar-refractivity contribution in [3.8, 4) is 0 Å². The number of nitrogens with one attached hydrogen (secondary N) is 1. The highest BCUT2D eigenvalue weighted by atomic mass is 15.2. The van der Waals surface area contributed by atoms with Gasteiger partial charge in [-0.05, 0) is 70.3 Å². The van der Waals surface area contributed by atoms with Crippen LogP contribution in [-0.2, 0) is 0 Å². The van der Waals surface area contributed by atoms with E-state index in [9.17, 15) is 0 Å². The first-order chi connectivity index (χ1) is 9.82. The summed E-state index contributed by atoms with van der Waals surface area (Å²) < 4.78 is 0. The normalized spacial score (nSPS) is 25.6. The molecule has 1 saturated carbocycles. The van der Waals surface area contributed by atoms with Gasteiger partial charge < -0.3 is 10.2 Å². The average molecular weight is 295 g/mol. The van der Waals surface area contributed by atoms with Crippen molar-refractivity contribution in [1.82, 2.24) is 10.2 Å². The molecule has 2 nitrogen and oxygen atoms in total. The molecule has 0 aromatic carbocycles. The first-order valence-corrected chi connectivity index (χ1v) is 9.29. The van der Waals surface area contributed by atoms with Gasteiger partial charge in [0.1, 0.15) is 0 Å². The van der Waals surface area contributed by atoms with Gasteiger partial charge in [-0.15, -0.1) is 0 Å². The van der Waals surface area contributed by atoms with Crippen LogP contribution in [0, 0.1) is 10.8 Å². The molecule has 2 aliphatic rings. The zero-order valence-corrected chi connectivity index (χ0v) is 15.2. The van der Waals surface area contributed by atoms with Gasteiger partial charge in [0.05, 0.1) is 0 Å². The minimum Gasteiger partial charge on any atom is -0.311 e. The smallest absolute Gasteiger partial charge is 0.00967 e. The lowest BCUT2D eigenvalue weighted by Gasteiger charge is -2.37. The van der Waals surface area contributed by atoms with Gasteiger partial charge in [0.25, 0.3) is 0 Å². The van der Waals surface area contributed by atoms with E-state index in [1.807, 2.05) is 0 Å². The second-order valence-corrected chi connectivity index (χ2v) is 8.98. The largest absolute Gasteiger partial charge is 0.311 e. The average Bonchev–Trinajstić information content (AvgIpc) is 3.05. The van der Waals surface area contributed by atoms with Crippen molar-refractivity contribution >= 4 is 0 Å². The fourth-order valence-corrected chi connectivity index (χ4v) is 4.43. The fraction of sp³-hybridized carbons (Fsp3) is 1.00. The Morgan fingerprint density at radius 1 is 0.952 bits per heavy atom. The maximum Gasteiger partial charge on any atom is 0.00967 e. The first-order valence-electron chi connectivity index (χ1n) is 9.29. The van der Waals surface area contributed by atoms with Gasteiger partial charge in [-0.1, -0.05) is 26.7 Å². The van der Waals surface area contributed by atoms with E-state index in [4.69, 9.17) is 0 Å². The summed E-state index contributed by atoms with van der Waals surface area (Å²) in [6, 6.07) is 0. The molecule has 0 unspecified atom stereocenters. The topological polar surface area (TPSA) is 15.3 Å². The minimum atomic E-state index is 0.247. The maximum absolute atomic E-state index is 3.80. The molecule has 0 aromatic heterocycles. The third-order valence-electron chi connectivity index (χ3n) is 6.23. The van der Waals surface area contributed by atoms with E-state index in [2.05, 4.69) is 44.8 Å². The Hall–Kier alpha value is -0.0800. The van der Waals surface area contributed by atoms with Gasteiger partial charge in [-0.2, -0.15) is 0 Å². The summed E-state index contributed by atoms with van der Waals surface area (Å²) in [6.07, 6.45) is 9.86. The molecule has 21 heavy (non-hydrogen) atoms. The van der Waals surface area contributed by atoms with Crippen molar-refractivity contribution in [2.75, 3.05) is 26.2 Å². The molecule has 1 aliphatic heterocycles. The Bertz CT molecular complexity index is 319. The van der Waals surface area contributed by atoms with Gasteiger partial charge in [0.15, 0.2) is 0 Å². The molecule has 0 spiro atoms. The Kier molecular flexibility index (Phi) is 5.41. The van der Waals surface area contributed by atoms with Crippen molar-refractivity contribution in [3.05, 3.63) is 0 Å². The number of hydrogen-bond acceptors (Lipinski definition) is 2. The van der Waals surface area contributed by atoms with Crippen molar-refractivity contribution in [2.24, 2.45) is 10.8 Å². The fourth-order valence-electron chi connectivity index (χ4n) is 4.43. The van der Waals surface area contributed by atoms with Crippen LogP contribution in [0.3, 0.4) is 0 Å². The Labute approximate surface area is 133 Å². The van der Waals surface area contributed by atoms with E-state index < -0.39 is 0 Å². The van der Waals surface area contributed by atoms with Crippen LogP contribution >= 0.6 is 0 Å². The van der Waals surface area contributed by atoms with Crippen LogP contribution in [0.2, 0.25) is 0 Å². The lowest BCUT2D eigenvalue weighted by atomic mass is 9.81. The van der Waals surface area contributed by atoms with Gasteiger partial charge in [0.2, 0.25) is 0 Å². The van der Waals surface area contributed by atoms with Crippen molar-refractivity contribution < 1.29 is 0 Å². The molecular formula is C19H38N2. The number of likely N-dealkylation sites (tertiary alicyclic amines) is 1. The molecule has 0 bridgehead atoms. The molecule has 1 N–H and O–H groups in total. The van der Waals surface area contributed by atoms with E-state index in [1.165, 1.54) is 71.1 Å². The van der Waals surface area contributed by atoms with Crippen LogP contribution in [-0.4, -0.2) is 36.6 Å². The molecule has 1 heterocycles. The van der Waals surface area contributed by atoms with Gasteiger partial charge >= 0.3 is 0 Å². The molecule has 1 aliphatic carbocycles. The quantitative estimate of drug-likeness (QED) is 0.778. The third kappa shape index (κ3) is 4.45. The van der Waals surface area contributed by atoms with Crippen molar-refractivity contribution in [2.45, 2.75) is 85.1 Å². The van der Waals surface area contributed by atoms with E-state index in [0.29, 0.717) is 10.8 Å². The summed E-state index contributed by atoms with van der Waals surface area (Å²) in [4.78, 5) is 2.79.